The van der Waals surface area contributed by atoms with E-state index in [2.05, 4.69) is 60.9 Å². The summed E-state index contributed by atoms with van der Waals surface area (Å²) < 4.78 is 1.10. The summed E-state index contributed by atoms with van der Waals surface area (Å²) in [6.07, 6.45) is 2.83. The second-order valence-corrected chi connectivity index (χ2v) is 8.30. The number of quaternary nitrogens is 1. The molecule has 0 heterocycles. The van der Waals surface area contributed by atoms with Gasteiger partial charge in [-0.25, -0.2) is 0 Å². The van der Waals surface area contributed by atoms with Gasteiger partial charge in [-0.05, 0) is 38.3 Å². The molecule has 0 aromatic carbocycles. The van der Waals surface area contributed by atoms with E-state index in [1.54, 1.807) is 0 Å². The van der Waals surface area contributed by atoms with Crippen LogP contribution in [0.3, 0.4) is 0 Å². The molecule has 2 bridgehead atoms. The van der Waals surface area contributed by atoms with E-state index in [0.717, 1.165) is 22.5 Å². The summed E-state index contributed by atoms with van der Waals surface area (Å²) >= 11 is 0. The Morgan fingerprint density at radius 1 is 1.06 bits per heavy atom. The van der Waals surface area contributed by atoms with Crippen LogP contribution < -0.4 is 0 Å². The first kappa shape index (κ1) is 13.4. The Morgan fingerprint density at radius 2 is 1.59 bits per heavy atom. The van der Waals surface area contributed by atoms with Crippen molar-refractivity contribution < 1.29 is 4.48 Å². The Kier molecular flexibility index (Phi) is 2.73. The van der Waals surface area contributed by atoms with Crippen molar-refractivity contribution in [1.29, 1.82) is 0 Å². The lowest BCUT2D eigenvalue weighted by Crippen LogP contribution is -2.61. The second kappa shape index (κ2) is 3.48. The van der Waals surface area contributed by atoms with Crippen molar-refractivity contribution in [3.05, 3.63) is 0 Å². The molecule has 100 valence electrons. The fourth-order valence-electron chi connectivity index (χ4n) is 5.24. The van der Waals surface area contributed by atoms with Crippen LogP contribution in [-0.4, -0.2) is 56.7 Å². The van der Waals surface area contributed by atoms with Gasteiger partial charge in [-0.1, -0.05) is 20.8 Å². The normalized spacial score (nSPS) is 44.6. The number of hydrogen-bond donors (Lipinski definition) is 0. The standard InChI is InChI=1S/C15H31N2/c1-14(2)11-9-10-15(14,3)13(17(6,7)8)12(11)16(4)5/h11-13H,9-10H2,1-8H3/q+1/t11-,12+,13+,15-/m0/s1. The molecule has 2 nitrogen and oxygen atoms in total. The van der Waals surface area contributed by atoms with Crippen LogP contribution >= 0.6 is 0 Å². The SMILES string of the molecule is CN(C)[C@H]1[C@@H]([N+](C)(C)C)[C@]2(C)CC[C@@H]1C2(C)C. The summed E-state index contributed by atoms with van der Waals surface area (Å²) in [4.78, 5) is 2.49. The van der Waals surface area contributed by atoms with Crippen LogP contribution in [0.1, 0.15) is 33.6 Å². The minimum atomic E-state index is 0.484. The van der Waals surface area contributed by atoms with E-state index in [4.69, 9.17) is 0 Å². The Morgan fingerprint density at radius 3 is 1.94 bits per heavy atom. The number of likely N-dealkylation sites (N-methyl/N-ethyl adjacent to an activating group) is 2. The molecule has 2 saturated carbocycles. The van der Waals surface area contributed by atoms with Crippen LogP contribution in [0.2, 0.25) is 0 Å². The quantitative estimate of drug-likeness (QED) is 0.669. The van der Waals surface area contributed by atoms with Crippen LogP contribution in [-0.2, 0) is 0 Å². The van der Waals surface area contributed by atoms with E-state index in [1.165, 1.54) is 12.8 Å². The van der Waals surface area contributed by atoms with E-state index < -0.39 is 0 Å². The molecule has 2 aliphatic rings. The van der Waals surface area contributed by atoms with Crippen molar-refractivity contribution in [2.24, 2.45) is 16.7 Å². The average molecular weight is 239 g/mol. The minimum Gasteiger partial charge on any atom is -0.327 e. The summed E-state index contributed by atoms with van der Waals surface area (Å²) in [5.74, 6) is 0.866. The Labute approximate surface area is 108 Å². The topological polar surface area (TPSA) is 3.24 Å². The first-order valence-electron chi connectivity index (χ1n) is 7.01. The van der Waals surface area contributed by atoms with Gasteiger partial charge in [0.2, 0.25) is 0 Å². The molecule has 0 aliphatic heterocycles. The molecule has 0 amide bonds. The van der Waals surface area contributed by atoms with Gasteiger partial charge < -0.3 is 9.38 Å². The van der Waals surface area contributed by atoms with Crippen LogP contribution in [0, 0.1) is 16.7 Å². The highest BCUT2D eigenvalue weighted by molar-refractivity contribution is 5.17. The maximum absolute atomic E-state index is 2.55. The number of fused-ring (bicyclic) bond motifs is 2. The molecule has 0 N–H and O–H groups in total. The highest BCUT2D eigenvalue weighted by Crippen LogP contribution is 2.67. The molecule has 2 heteroatoms. The van der Waals surface area contributed by atoms with E-state index in [9.17, 15) is 0 Å². The molecule has 4 atom stereocenters. The smallest absolute Gasteiger partial charge is 0.110 e. The Balaban J connectivity index is 2.50. The zero-order valence-electron chi connectivity index (χ0n) is 13.0. The molecule has 0 radical (unpaired) electrons. The third-order valence-corrected chi connectivity index (χ3v) is 6.19. The number of hydrogen-bond acceptors (Lipinski definition) is 1. The van der Waals surface area contributed by atoms with Crippen molar-refractivity contribution in [1.82, 2.24) is 4.90 Å². The van der Waals surface area contributed by atoms with Gasteiger partial charge in [-0.3, -0.25) is 0 Å². The van der Waals surface area contributed by atoms with Crippen molar-refractivity contribution in [2.45, 2.75) is 45.7 Å². The van der Waals surface area contributed by atoms with Crippen molar-refractivity contribution in [2.75, 3.05) is 35.2 Å². The lowest BCUT2D eigenvalue weighted by atomic mass is 9.68. The first-order chi connectivity index (χ1) is 7.53. The molecular weight excluding hydrogens is 208 g/mol. The number of nitrogens with zero attached hydrogens (tertiary/aromatic N) is 2. The molecule has 2 rings (SSSR count). The van der Waals surface area contributed by atoms with Gasteiger partial charge in [0.25, 0.3) is 0 Å². The Bertz CT molecular complexity index is 313. The van der Waals surface area contributed by atoms with Crippen LogP contribution in [0.15, 0.2) is 0 Å². The molecule has 0 spiro atoms. The molecule has 0 aromatic heterocycles. The lowest BCUT2D eigenvalue weighted by Gasteiger charge is -2.48. The summed E-state index contributed by atoms with van der Waals surface area (Å²) in [7, 11) is 11.7. The van der Waals surface area contributed by atoms with Gasteiger partial charge in [0.15, 0.2) is 0 Å². The largest absolute Gasteiger partial charge is 0.327 e. The van der Waals surface area contributed by atoms with Gasteiger partial charge in [0.05, 0.1) is 27.2 Å². The average Bonchev–Trinajstić information content (AvgIpc) is 2.44. The molecule has 2 aliphatic carbocycles. The number of rotatable bonds is 2. The highest BCUT2D eigenvalue weighted by atomic mass is 15.4. The predicted molar refractivity (Wildman–Crippen MR) is 73.9 cm³/mol. The minimum absolute atomic E-state index is 0.484. The molecule has 0 unspecified atom stereocenters. The van der Waals surface area contributed by atoms with E-state index in [1.807, 2.05) is 0 Å². The van der Waals surface area contributed by atoms with Crippen LogP contribution in [0.4, 0.5) is 0 Å². The van der Waals surface area contributed by atoms with Crippen molar-refractivity contribution in [3.63, 3.8) is 0 Å². The van der Waals surface area contributed by atoms with Crippen molar-refractivity contribution >= 4 is 0 Å². The maximum Gasteiger partial charge on any atom is 0.110 e. The second-order valence-electron chi connectivity index (χ2n) is 8.30. The van der Waals surface area contributed by atoms with Gasteiger partial charge in [0.1, 0.15) is 6.04 Å². The van der Waals surface area contributed by atoms with Crippen LogP contribution in [0.25, 0.3) is 0 Å². The highest BCUT2D eigenvalue weighted by Gasteiger charge is 2.70. The summed E-state index contributed by atoms with van der Waals surface area (Å²) in [5, 5.41) is 0. The molecule has 17 heavy (non-hydrogen) atoms. The summed E-state index contributed by atoms with van der Waals surface area (Å²) in [6.45, 7) is 7.57. The molecule has 0 saturated heterocycles. The third kappa shape index (κ3) is 1.53. The first-order valence-corrected chi connectivity index (χ1v) is 7.01. The van der Waals surface area contributed by atoms with Gasteiger partial charge in [-0.2, -0.15) is 0 Å². The fourth-order valence-corrected chi connectivity index (χ4v) is 5.24. The zero-order chi connectivity index (χ0) is 13.2. The molecule has 0 aromatic rings. The van der Waals surface area contributed by atoms with Crippen molar-refractivity contribution in [3.8, 4) is 0 Å². The monoisotopic (exact) mass is 239 g/mol. The van der Waals surface area contributed by atoms with Crippen LogP contribution in [0.5, 0.6) is 0 Å². The van der Waals surface area contributed by atoms with Gasteiger partial charge >= 0.3 is 0 Å². The molecular formula is C15H31N2+. The summed E-state index contributed by atoms with van der Waals surface area (Å²) in [6, 6.07) is 1.50. The van der Waals surface area contributed by atoms with Gasteiger partial charge in [0, 0.05) is 5.41 Å². The Hall–Kier alpha value is -0.0800. The predicted octanol–water partition coefficient (Wildman–Crippen LogP) is 2.45. The lowest BCUT2D eigenvalue weighted by molar-refractivity contribution is -0.905. The van der Waals surface area contributed by atoms with E-state index >= 15 is 0 Å². The maximum atomic E-state index is 2.55. The fraction of sp³-hybridized carbons (Fsp3) is 1.00. The molecule has 2 fully saturated rings. The third-order valence-electron chi connectivity index (χ3n) is 6.19. The summed E-state index contributed by atoms with van der Waals surface area (Å²) in [5.41, 5.74) is 0.975. The van der Waals surface area contributed by atoms with E-state index in [0.29, 0.717) is 10.8 Å². The van der Waals surface area contributed by atoms with Gasteiger partial charge in [-0.15, -0.1) is 0 Å². The zero-order valence-corrected chi connectivity index (χ0v) is 13.0. The van der Waals surface area contributed by atoms with E-state index in [-0.39, 0.29) is 0 Å².